The van der Waals surface area contributed by atoms with Crippen LogP contribution in [0.25, 0.3) is 10.9 Å². The third-order valence-corrected chi connectivity index (χ3v) is 5.99. The molecule has 1 saturated carbocycles. The molecule has 1 aliphatic heterocycles. The molecule has 0 bridgehead atoms. The van der Waals surface area contributed by atoms with Crippen molar-refractivity contribution in [1.29, 1.82) is 0 Å². The summed E-state index contributed by atoms with van der Waals surface area (Å²) in [4.78, 5) is 30.7. The van der Waals surface area contributed by atoms with Gasteiger partial charge in [0.05, 0.1) is 11.1 Å². The normalized spacial score (nSPS) is 26.4. The average Bonchev–Trinajstić information content (AvgIpc) is 2.92. The van der Waals surface area contributed by atoms with E-state index >= 15 is 0 Å². The highest BCUT2D eigenvalue weighted by Gasteiger charge is 2.45. The van der Waals surface area contributed by atoms with Crippen LogP contribution >= 0.6 is 0 Å². The molecule has 0 unspecified atom stereocenters. The Morgan fingerprint density at radius 2 is 2.00 bits per heavy atom. The van der Waals surface area contributed by atoms with Gasteiger partial charge in [-0.25, -0.2) is 0 Å². The second-order valence-corrected chi connectivity index (χ2v) is 7.34. The van der Waals surface area contributed by atoms with Crippen molar-refractivity contribution < 1.29 is 9.59 Å². The van der Waals surface area contributed by atoms with E-state index in [0.29, 0.717) is 12.0 Å². The number of nitrogens with zero attached hydrogens (tertiary/aromatic N) is 2. The number of amides is 2. The van der Waals surface area contributed by atoms with E-state index in [1.165, 1.54) is 0 Å². The molecule has 1 spiro atoms. The summed E-state index contributed by atoms with van der Waals surface area (Å²) in [5.74, 6) is 0.194. The predicted molar refractivity (Wildman–Crippen MR) is 96.2 cm³/mol. The zero-order valence-electron chi connectivity index (χ0n) is 14.5. The number of para-hydroxylation sites is 1. The first-order chi connectivity index (χ1) is 12.1. The Balaban J connectivity index is 1.41. The van der Waals surface area contributed by atoms with Crippen LogP contribution in [-0.2, 0) is 4.79 Å². The highest BCUT2D eigenvalue weighted by molar-refractivity contribution is 5.97. The summed E-state index contributed by atoms with van der Waals surface area (Å²) in [6.07, 6.45) is 7.04. The van der Waals surface area contributed by atoms with E-state index in [4.69, 9.17) is 0 Å². The van der Waals surface area contributed by atoms with Crippen molar-refractivity contribution in [2.24, 2.45) is 0 Å². The van der Waals surface area contributed by atoms with Crippen molar-refractivity contribution in [3.8, 4) is 0 Å². The van der Waals surface area contributed by atoms with Crippen LogP contribution in [0.1, 0.15) is 48.9 Å². The van der Waals surface area contributed by atoms with Gasteiger partial charge in [0.15, 0.2) is 0 Å². The van der Waals surface area contributed by atoms with Gasteiger partial charge in [0.25, 0.3) is 5.91 Å². The number of fused-ring (bicyclic) bond motifs is 1. The minimum atomic E-state index is -0.0601. The second kappa shape index (κ2) is 6.14. The van der Waals surface area contributed by atoms with E-state index in [0.717, 1.165) is 43.0 Å². The minimum Gasteiger partial charge on any atom is -0.349 e. The third kappa shape index (κ3) is 2.88. The van der Waals surface area contributed by atoms with Crippen molar-refractivity contribution in [1.82, 2.24) is 15.2 Å². The lowest BCUT2D eigenvalue weighted by molar-refractivity contribution is -0.130. The molecule has 5 nitrogen and oxygen atoms in total. The number of hydrogen-bond donors (Lipinski definition) is 1. The Bertz CT molecular complexity index is 825. The number of carbonyl (C=O) groups is 2. The fourth-order valence-corrected chi connectivity index (χ4v) is 4.29. The minimum absolute atomic E-state index is 0.0306. The first kappa shape index (κ1) is 16.1. The van der Waals surface area contributed by atoms with Gasteiger partial charge in [-0.15, -0.1) is 0 Å². The van der Waals surface area contributed by atoms with Crippen molar-refractivity contribution in [3.63, 3.8) is 0 Å². The number of aromatic nitrogens is 1. The topological polar surface area (TPSA) is 62.3 Å². The van der Waals surface area contributed by atoms with Gasteiger partial charge in [-0.1, -0.05) is 18.2 Å². The molecule has 2 fully saturated rings. The quantitative estimate of drug-likeness (QED) is 0.916. The van der Waals surface area contributed by atoms with Gasteiger partial charge in [-0.05, 0) is 44.2 Å². The Morgan fingerprint density at radius 3 is 2.72 bits per heavy atom. The number of pyridine rings is 1. The number of rotatable bonds is 2. The lowest BCUT2D eigenvalue weighted by Gasteiger charge is -2.42. The zero-order chi connectivity index (χ0) is 17.4. The first-order valence-electron chi connectivity index (χ1n) is 9.00. The van der Waals surface area contributed by atoms with Crippen LogP contribution in [-0.4, -0.2) is 40.3 Å². The summed E-state index contributed by atoms with van der Waals surface area (Å²) >= 11 is 0. The number of carbonyl (C=O) groups excluding carboxylic acids is 2. The van der Waals surface area contributed by atoms with Crippen LogP contribution in [0.4, 0.5) is 0 Å². The van der Waals surface area contributed by atoms with Crippen LogP contribution in [0.3, 0.4) is 0 Å². The van der Waals surface area contributed by atoms with Crippen molar-refractivity contribution in [2.45, 2.75) is 50.1 Å². The van der Waals surface area contributed by atoms with Gasteiger partial charge >= 0.3 is 0 Å². The molecule has 5 heteroatoms. The molecule has 2 aliphatic rings. The van der Waals surface area contributed by atoms with Crippen molar-refractivity contribution in [3.05, 3.63) is 42.1 Å². The Hall–Kier alpha value is -2.43. The van der Waals surface area contributed by atoms with Crippen LogP contribution in [0.5, 0.6) is 0 Å². The summed E-state index contributed by atoms with van der Waals surface area (Å²) in [6.45, 7) is 0. The molecule has 25 heavy (non-hydrogen) atoms. The number of hydrogen-bond acceptors (Lipinski definition) is 3. The van der Waals surface area contributed by atoms with E-state index in [2.05, 4.69) is 10.3 Å². The van der Waals surface area contributed by atoms with Gasteiger partial charge < -0.3 is 10.2 Å². The Morgan fingerprint density at radius 1 is 1.24 bits per heavy atom. The fourth-order valence-electron chi connectivity index (χ4n) is 4.29. The zero-order valence-corrected chi connectivity index (χ0v) is 14.5. The molecule has 0 atom stereocenters. The van der Waals surface area contributed by atoms with Crippen molar-refractivity contribution >= 4 is 22.7 Å². The fraction of sp³-hybridized carbons (Fsp3) is 0.450. The van der Waals surface area contributed by atoms with E-state index in [1.54, 1.807) is 6.20 Å². The Labute approximate surface area is 147 Å². The SMILES string of the molecule is CN1C(=O)CCC12CCC(NC(=O)c1cnc3ccccc3c1)CC2. The summed E-state index contributed by atoms with van der Waals surface area (Å²) in [6, 6.07) is 9.87. The second-order valence-electron chi connectivity index (χ2n) is 7.34. The lowest BCUT2D eigenvalue weighted by atomic mass is 9.78. The van der Waals surface area contributed by atoms with Gasteiger partial charge in [-0.2, -0.15) is 0 Å². The van der Waals surface area contributed by atoms with E-state index < -0.39 is 0 Å². The maximum absolute atomic E-state index is 12.6. The molecule has 2 heterocycles. The van der Waals surface area contributed by atoms with E-state index in [1.807, 2.05) is 42.3 Å². The van der Waals surface area contributed by atoms with Crippen LogP contribution in [0, 0.1) is 0 Å². The van der Waals surface area contributed by atoms with E-state index in [-0.39, 0.29) is 23.4 Å². The molecule has 4 rings (SSSR count). The highest BCUT2D eigenvalue weighted by atomic mass is 16.2. The van der Waals surface area contributed by atoms with Crippen LogP contribution in [0.2, 0.25) is 0 Å². The number of benzene rings is 1. The number of likely N-dealkylation sites (tertiary alicyclic amines) is 1. The maximum atomic E-state index is 12.6. The molecule has 2 aromatic rings. The molecule has 1 aromatic heterocycles. The molecular formula is C20H23N3O2. The summed E-state index contributed by atoms with van der Waals surface area (Å²) in [7, 11) is 1.93. The largest absolute Gasteiger partial charge is 0.349 e. The maximum Gasteiger partial charge on any atom is 0.253 e. The monoisotopic (exact) mass is 337 g/mol. The molecule has 1 saturated heterocycles. The molecule has 1 aromatic carbocycles. The van der Waals surface area contributed by atoms with Crippen LogP contribution in [0.15, 0.2) is 36.5 Å². The molecule has 130 valence electrons. The Kier molecular flexibility index (Phi) is 3.94. The van der Waals surface area contributed by atoms with Crippen molar-refractivity contribution in [2.75, 3.05) is 7.05 Å². The first-order valence-corrected chi connectivity index (χ1v) is 9.00. The number of nitrogens with one attached hydrogen (secondary N) is 1. The summed E-state index contributed by atoms with van der Waals surface area (Å²) in [5, 5.41) is 4.13. The lowest BCUT2D eigenvalue weighted by Crippen LogP contribution is -2.49. The van der Waals surface area contributed by atoms with Gasteiger partial charge in [0.2, 0.25) is 5.91 Å². The van der Waals surface area contributed by atoms with Gasteiger partial charge in [-0.3, -0.25) is 14.6 Å². The summed E-state index contributed by atoms with van der Waals surface area (Å²) < 4.78 is 0. The molecular weight excluding hydrogens is 314 g/mol. The van der Waals surface area contributed by atoms with Gasteiger partial charge in [0.1, 0.15) is 0 Å². The average molecular weight is 337 g/mol. The molecule has 1 N–H and O–H groups in total. The highest BCUT2D eigenvalue weighted by Crippen LogP contribution is 2.41. The molecule has 1 aliphatic carbocycles. The smallest absolute Gasteiger partial charge is 0.253 e. The predicted octanol–water partition coefficient (Wildman–Crippen LogP) is 2.90. The summed E-state index contributed by atoms with van der Waals surface area (Å²) in [5.41, 5.74) is 1.53. The molecule has 0 radical (unpaired) electrons. The van der Waals surface area contributed by atoms with Gasteiger partial charge in [0, 0.05) is 36.6 Å². The van der Waals surface area contributed by atoms with E-state index in [9.17, 15) is 9.59 Å². The third-order valence-electron chi connectivity index (χ3n) is 5.99. The molecule has 2 amide bonds. The standard InChI is InChI=1S/C20H23N3O2/c1-23-18(24)8-11-20(23)9-6-16(7-10-20)22-19(25)15-12-14-4-2-3-5-17(14)21-13-15/h2-5,12-13,16H,6-11H2,1H3,(H,22,25). The van der Waals surface area contributed by atoms with Crippen LogP contribution < -0.4 is 5.32 Å².